The van der Waals surface area contributed by atoms with Crippen molar-refractivity contribution >= 4 is 27.4 Å². The van der Waals surface area contributed by atoms with Gasteiger partial charge in [-0.25, -0.2) is 9.48 Å². The van der Waals surface area contributed by atoms with Gasteiger partial charge in [0.25, 0.3) is 5.56 Å². The molecule has 0 saturated heterocycles. The first kappa shape index (κ1) is 15.4. The average molecular weight is 328 g/mol. The van der Waals surface area contributed by atoms with Gasteiger partial charge in [0.05, 0.1) is 0 Å². The molecule has 0 atom stereocenters. The molecule has 0 spiro atoms. The van der Waals surface area contributed by atoms with E-state index in [0.29, 0.717) is 6.54 Å². The number of benzene rings is 1. The van der Waals surface area contributed by atoms with Gasteiger partial charge in [0.1, 0.15) is 6.61 Å². The number of hydrogen-bond donors (Lipinski definition) is 0. The number of nitrogens with zero attached hydrogens (tertiary/aromatic N) is 2. The smallest absolute Gasteiger partial charge is 0.359 e. The van der Waals surface area contributed by atoms with E-state index in [4.69, 9.17) is 4.74 Å². The molecule has 0 fully saturated rings. The van der Waals surface area contributed by atoms with Crippen LogP contribution >= 0.6 is 11.3 Å². The van der Waals surface area contributed by atoms with Crippen LogP contribution in [0.1, 0.15) is 29.4 Å². The van der Waals surface area contributed by atoms with E-state index >= 15 is 0 Å². The summed E-state index contributed by atoms with van der Waals surface area (Å²) in [6.07, 6.45) is 0.770. The minimum Gasteiger partial charge on any atom is -0.456 e. The standard InChI is InChI=1S/C17H16N2O3S/c1-2-9-19-16(20)8-7-14(18-19)17(21)22-10-12-11-23-15-6-4-3-5-13(12)15/h3-8,11H,2,9-10H2,1H3. The van der Waals surface area contributed by atoms with E-state index < -0.39 is 5.97 Å². The van der Waals surface area contributed by atoms with Crippen LogP contribution < -0.4 is 5.56 Å². The van der Waals surface area contributed by atoms with Crippen molar-refractivity contribution in [1.29, 1.82) is 0 Å². The number of hydrogen-bond acceptors (Lipinski definition) is 5. The Labute approximate surface area is 137 Å². The van der Waals surface area contributed by atoms with Crippen molar-refractivity contribution in [3.8, 4) is 0 Å². The van der Waals surface area contributed by atoms with Crippen molar-refractivity contribution in [2.45, 2.75) is 26.5 Å². The lowest BCUT2D eigenvalue weighted by atomic mass is 10.2. The highest BCUT2D eigenvalue weighted by Crippen LogP contribution is 2.26. The topological polar surface area (TPSA) is 61.2 Å². The molecule has 0 radical (unpaired) electrons. The largest absolute Gasteiger partial charge is 0.456 e. The lowest BCUT2D eigenvalue weighted by molar-refractivity contribution is 0.0464. The highest BCUT2D eigenvalue weighted by molar-refractivity contribution is 7.17. The van der Waals surface area contributed by atoms with Crippen LogP contribution in [0.5, 0.6) is 0 Å². The molecule has 0 unspecified atom stereocenters. The van der Waals surface area contributed by atoms with Crippen molar-refractivity contribution in [2.24, 2.45) is 0 Å². The highest BCUT2D eigenvalue weighted by atomic mass is 32.1. The van der Waals surface area contributed by atoms with Gasteiger partial charge in [-0.3, -0.25) is 4.79 Å². The van der Waals surface area contributed by atoms with E-state index in [1.807, 2.05) is 36.6 Å². The van der Waals surface area contributed by atoms with Gasteiger partial charge in [-0.15, -0.1) is 11.3 Å². The van der Waals surface area contributed by atoms with Gasteiger partial charge in [-0.2, -0.15) is 5.10 Å². The quantitative estimate of drug-likeness (QED) is 0.675. The molecule has 3 aromatic rings. The minimum absolute atomic E-state index is 0.151. The first-order chi connectivity index (χ1) is 11.2. The molecule has 0 aliphatic heterocycles. The minimum atomic E-state index is -0.523. The van der Waals surface area contributed by atoms with Gasteiger partial charge >= 0.3 is 5.97 Å². The molecule has 0 bridgehead atoms. The third-order valence-corrected chi connectivity index (χ3v) is 4.44. The zero-order valence-electron chi connectivity index (χ0n) is 12.7. The van der Waals surface area contributed by atoms with Crippen LogP contribution in [0.25, 0.3) is 10.1 Å². The number of aromatic nitrogens is 2. The van der Waals surface area contributed by atoms with E-state index in [-0.39, 0.29) is 17.9 Å². The van der Waals surface area contributed by atoms with Gasteiger partial charge < -0.3 is 4.74 Å². The number of fused-ring (bicyclic) bond motifs is 1. The maximum absolute atomic E-state index is 12.1. The molecule has 118 valence electrons. The molecule has 5 nitrogen and oxygen atoms in total. The van der Waals surface area contributed by atoms with E-state index in [9.17, 15) is 9.59 Å². The lowest BCUT2D eigenvalue weighted by Gasteiger charge is -2.06. The zero-order chi connectivity index (χ0) is 16.2. The number of esters is 1. The Hall–Kier alpha value is -2.47. The Balaban J connectivity index is 1.74. The number of ether oxygens (including phenoxy) is 1. The van der Waals surface area contributed by atoms with Crippen LogP contribution in [0.15, 0.2) is 46.6 Å². The van der Waals surface area contributed by atoms with Crippen molar-refractivity contribution in [2.75, 3.05) is 0 Å². The fourth-order valence-corrected chi connectivity index (χ4v) is 3.24. The van der Waals surface area contributed by atoms with Crippen LogP contribution in [-0.2, 0) is 17.9 Å². The number of aryl methyl sites for hydroxylation is 1. The zero-order valence-corrected chi connectivity index (χ0v) is 13.5. The van der Waals surface area contributed by atoms with E-state index in [1.165, 1.54) is 16.8 Å². The van der Waals surface area contributed by atoms with Crippen molar-refractivity contribution in [3.63, 3.8) is 0 Å². The first-order valence-electron chi connectivity index (χ1n) is 7.39. The van der Waals surface area contributed by atoms with Crippen LogP contribution in [-0.4, -0.2) is 15.7 Å². The Morgan fingerprint density at radius 2 is 2.09 bits per heavy atom. The van der Waals surface area contributed by atoms with Crippen molar-refractivity contribution in [1.82, 2.24) is 9.78 Å². The normalized spacial score (nSPS) is 10.8. The number of carbonyl (C=O) groups is 1. The second-order valence-corrected chi connectivity index (χ2v) is 6.02. The molecule has 0 N–H and O–H groups in total. The van der Waals surface area contributed by atoms with Crippen molar-refractivity contribution < 1.29 is 9.53 Å². The molecule has 3 rings (SSSR count). The van der Waals surface area contributed by atoms with Gasteiger partial charge in [-0.1, -0.05) is 25.1 Å². The Morgan fingerprint density at radius 1 is 1.26 bits per heavy atom. The molecule has 23 heavy (non-hydrogen) atoms. The van der Waals surface area contributed by atoms with Gasteiger partial charge in [-0.05, 0) is 29.3 Å². The lowest BCUT2D eigenvalue weighted by Crippen LogP contribution is -2.24. The van der Waals surface area contributed by atoms with Crippen molar-refractivity contribution in [3.05, 3.63) is 63.4 Å². The maximum atomic E-state index is 12.1. The summed E-state index contributed by atoms with van der Waals surface area (Å²) in [6.45, 7) is 2.62. The third-order valence-electron chi connectivity index (χ3n) is 3.43. The molecule has 6 heteroatoms. The highest BCUT2D eigenvalue weighted by Gasteiger charge is 2.12. The van der Waals surface area contributed by atoms with E-state index in [2.05, 4.69) is 5.10 Å². The second-order valence-electron chi connectivity index (χ2n) is 5.11. The van der Waals surface area contributed by atoms with E-state index in [1.54, 1.807) is 11.3 Å². The molecule has 2 heterocycles. The summed E-state index contributed by atoms with van der Waals surface area (Å²) in [7, 11) is 0. The Kier molecular flexibility index (Phi) is 4.52. The van der Waals surface area contributed by atoms with Gasteiger partial charge in [0.2, 0.25) is 0 Å². The monoisotopic (exact) mass is 328 g/mol. The van der Waals surface area contributed by atoms with Crippen LogP contribution in [0.4, 0.5) is 0 Å². The predicted octanol–water partition coefficient (Wildman–Crippen LogP) is 3.23. The summed E-state index contributed by atoms with van der Waals surface area (Å²) in [5, 5.41) is 7.14. The molecule has 2 aromatic heterocycles. The molecular formula is C17H16N2O3S. The Morgan fingerprint density at radius 3 is 2.91 bits per heavy atom. The summed E-state index contributed by atoms with van der Waals surface area (Å²) in [4.78, 5) is 23.8. The summed E-state index contributed by atoms with van der Waals surface area (Å²) >= 11 is 1.62. The predicted molar refractivity (Wildman–Crippen MR) is 89.7 cm³/mol. The molecule has 0 amide bonds. The summed E-state index contributed by atoms with van der Waals surface area (Å²) < 4.78 is 7.79. The van der Waals surface area contributed by atoms with Crippen LogP contribution in [0, 0.1) is 0 Å². The van der Waals surface area contributed by atoms with Gasteiger partial charge in [0.15, 0.2) is 5.69 Å². The number of carbonyl (C=O) groups excluding carboxylic acids is 1. The van der Waals surface area contributed by atoms with E-state index in [0.717, 1.165) is 22.1 Å². The third kappa shape index (κ3) is 3.32. The Bertz CT molecular complexity index is 898. The molecule has 1 aromatic carbocycles. The number of thiophene rings is 1. The SMILES string of the molecule is CCCn1nc(C(=O)OCc2csc3ccccc23)ccc1=O. The molecular weight excluding hydrogens is 312 g/mol. The molecule has 0 saturated carbocycles. The fraction of sp³-hybridized carbons (Fsp3) is 0.235. The fourth-order valence-electron chi connectivity index (χ4n) is 2.29. The molecule has 0 aliphatic carbocycles. The second kappa shape index (κ2) is 6.75. The maximum Gasteiger partial charge on any atom is 0.359 e. The summed E-state index contributed by atoms with van der Waals surface area (Å²) in [6, 6.07) is 10.7. The van der Waals surface area contributed by atoms with Crippen LogP contribution in [0.2, 0.25) is 0 Å². The first-order valence-corrected chi connectivity index (χ1v) is 8.27. The van der Waals surface area contributed by atoms with Gasteiger partial charge in [0, 0.05) is 22.9 Å². The summed E-state index contributed by atoms with van der Waals surface area (Å²) in [5.74, 6) is -0.523. The average Bonchev–Trinajstić information content (AvgIpc) is 2.98. The van der Waals surface area contributed by atoms with Crippen LogP contribution in [0.3, 0.4) is 0 Å². The number of rotatable bonds is 5. The molecule has 0 aliphatic rings. The summed E-state index contributed by atoms with van der Waals surface area (Å²) in [5.41, 5.74) is 0.908.